The van der Waals surface area contributed by atoms with Crippen LogP contribution in [0.4, 0.5) is 0 Å². The van der Waals surface area contributed by atoms with E-state index in [1.54, 1.807) is 0 Å². The summed E-state index contributed by atoms with van der Waals surface area (Å²) in [5.41, 5.74) is 1.77. The molecule has 25 heavy (non-hydrogen) atoms. The Morgan fingerprint density at radius 1 is 1.08 bits per heavy atom. The molecule has 2 fully saturated rings. The standard InChI is InChI=1S/C20H32N4.HI/c1-21-19(22-13-8-16-24-14-5-6-15-24)23-17-20(11-7-12-20)18-9-3-2-4-10-18;/h2-4,9-10H,5-8,11-17H2,1H3,(H2,21,22,23);1H. The molecule has 4 nitrogen and oxygen atoms in total. The highest BCUT2D eigenvalue weighted by Gasteiger charge is 2.38. The molecule has 0 atom stereocenters. The minimum atomic E-state index is 0. The first-order valence-corrected chi connectivity index (χ1v) is 9.55. The Kier molecular flexibility index (Phi) is 8.49. The maximum atomic E-state index is 4.39. The van der Waals surface area contributed by atoms with Gasteiger partial charge >= 0.3 is 0 Å². The number of guanidine groups is 1. The van der Waals surface area contributed by atoms with E-state index in [4.69, 9.17) is 0 Å². The predicted octanol–water partition coefficient (Wildman–Crippen LogP) is 3.38. The Bertz CT molecular complexity index is 522. The second-order valence-corrected chi connectivity index (χ2v) is 7.25. The first-order chi connectivity index (χ1) is 11.8. The van der Waals surface area contributed by atoms with Crippen LogP contribution in [0.25, 0.3) is 0 Å². The molecule has 5 heteroatoms. The third-order valence-corrected chi connectivity index (χ3v) is 5.66. The summed E-state index contributed by atoms with van der Waals surface area (Å²) in [5, 5.41) is 7.04. The summed E-state index contributed by atoms with van der Waals surface area (Å²) in [6.45, 7) is 5.74. The van der Waals surface area contributed by atoms with Gasteiger partial charge in [-0.15, -0.1) is 24.0 Å². The lowest BCUT2D eigenvalue weighted by Gasteiger charge is -2.43. The molecule has 3 rings (SSSR count). The molecular weight excluding hydrogens is 423 g/mol. The minimum Gasteiger partial charge on any atom is -0.356 e. The van der Waals surface area contributed by atoms with Crippen LogP contribution in [0.1, 0.15) is 44.1 Å². The third-order valence-electron chi connectivity index (χ3n) is 5.66. The number of benzene rings is 1. The number of halogens is 1. The lowest BCUT2D eigenvalue weighted by Crippen LogP contribution is -2.49. The van der Waals surface area contributed by atoms with Gasteiger partial charge in [-0.05, 0) is 57.3 Å². The van der Waals surface area contributed by atoms with Crippen LogP contribution in [-0.4, -0.2) is 50.6 Å². The highest BCUT2D eigenvalue weighted by atomic mass is 127. The van der Waals surface area contributed by atoms with Gasteiger partial charge in [-0.2, -0.15) is 0 Å². The molecule has 1 aromatic rings. The molecule has 1 heterocycles. The van der Waals surface area contributed by atoms with Gasteiger partial charge in [0.15, 0.2) is 5.96 Å². The Hall–Kier alpha value is -0.820. The molecular formula is C20H33IN4. The molecule has 1 aromatic carbocycles. The SMILES string of the molecule is CN=C(NCCCN1CCCC1)NCC1(c2ccccc2)CCC1.I. The molecule has 0 spiro atoms. The van der Waals surface area contributed by atoms with Crippen molar-refractivity contribution in [2.24, 2.45) is 4.99 Å². The number of aliphatic imine (C=N–C) groups is 1. The van der Waals surface area contributed by atoms with Gasteiger partial charge in [0.2, 0.25) is 0 Å². The van der Waals surface area contributed by atoms with Crippen LogP contribution in [0.3, 0.4) is 0 Å². The van der Waals surface area contributed by atoms with E-state index in [-0.39, 0.29) is 24.0 Å². The Balaban J connectivity index is 0.00000225. The molecule has 1 saturated heterocycles. The topological polar surface area (TPSA) is 39.7 Å². The molecule has 1 aliphatic carbocycles. The van der Waals surface area contributed by atoms with Gasteiger partial charge < -0.3 is 15.5 Å². The van der Waals surface area contributed by atoms with Crippen molar-refractivity contribution in [1.82, 2.24) is 15.5 Å². The van der Waals surface area contributed by atoms with Crippen LogP contribution in [0.2, 0.25) is 0 Å². The average Bonchev–Trinajstić information content (AvgIpc) is 3.10. The Labute approximate surface area is 169 Å². The fraction of sp³-hybridized carbons (Fsp3) is 0.650. The molecule has 140 valence electrons. The number of rotatable bonds is 7. The van der Waals surface area contributed by atoms with E-state index < -0.39 is 0 Å². The molecule has 1 aliphatic heterocycles. The smallest absolute Gasteiger partial charge is 0.191 e. The van der Waals surface area contributed by atoms with E-state index in [9.17, 15) is 0 Å². The largest absolute Gasteiger partial charge is 0.356 e. The maximum Gasteiger partial charge on any atom is 0.191 e. The van der Waals surface area contributed by atoms with Crippen molar-refractivity contribution in [2.75, 3.05) is 39.8 Å². The minimum absolute atomic E-state index is 0. The van der Waals surface area contributed by atoms with Crippen molar-refractivity contribution in [3.63, 3.8) is 0 Å². The van der Waals surface area contributed by atoms with E-state index in [2.05, 4.69) is 50.9 Å². The molecule has 2 N–H and O–H groups in total. The van der Waals surface area contributed by atoms with Crippen LogP contribution in [0.5, 0.6) is 0 Å². The normalized spacial score (nSPS) is 19.8. The highest BCUT2D eigenvalue weighted by molar-refractivity contribution is 14.0. The summed E-state index contributed by atoms with van der Waals surface area (Å²) in [5.74, 6) is 0.943. The van der Waals surface area contributed by atoms with Crippen molar-refractivity contribution in [2.45, 2.75) is 43.9 Å². The highest BCUT2D eigenvalue weighted by Crippen LogP contribution is 2.43. The van der Waals surface area contributed by atoms with Crippen molar-refractivity contribution in [1.29, 1.82) is 0 Å². The molecule has 0 bridgehead atoms. The molecule has 2 aliphatic rings. The van der Waals surface area contributed by atoms with Crippen LogP contribution in [0, 0.1) is 0 Å². The number of likely N-dealkylation sites (tertiary alicyclic amines) is 1. The second kappa shape index (κ2) is 10.4. The summed E-state index contributed by atoms with van der Waals surface area (Å²) in [4.78, 5) is 6.96. The summed E-state index contributed by atoms with van der Waals surface area (Å²) >= 11 is 0. The zero-order chi connectivity index (χ0) is 16.7. The lowest BCUT2D eigenvalue weighted by molar-refractivity contribution is 0.244. The van der Waals surface area contributed by atoms with Gasteiger partial charge in [-0.3, -0.25) is 4.99 Å². The predicted molar refractivity (Wildman–Crippen MR) is 117 cm³/mol. The average molecular weight is 456 g/mol. The monoisotopic (exact) mass is 456 g/mol. The first-order valence-electron chi connectivity index (χ1n) is 9.55. The second-order valence-electron chi connectivity index (χ2n) is 7.25. The first kappa shape index (κ1) is 20.5. The zero-order valence-electron chi connectivity index (χ0n) is 15.5. The van der Waals surface area contributed by atoms with Gasteiger partial charge in [-0.25, -0.2) is 0 Å². The van der Waals surface area contributed by atoms with Gasteiger partial charge in [0.25, 0.3) is 0 Å². The summed E-state index contributed by atoms with van der Waals surface area (Å²) in [6.07, 6.45) is 7.81. The van der Waals surface area contributed by atoms with Crippen molar-refractivity contribution < 1.29 is 0 Å². The molecule has 0 aromatic heterocycles. The van der Waals surface area contributed by atoms with Gasteiger partial charge in [0, 0.05) is 25.6 Å². The van der Waals surface area contributed by atoms with Crippen LogP contribution < -0.4 is 10.6 Å². The molecule has 0 unspecified atom stereocenters. The maximum absolute atomic E-state index is 4.39. The van der Waals surface area contributed by atoms with E-state index in [0.29, 0.717) is 5.41 Å². The summed E-state index contributed by atoms with van der Waals surface area (Å²) in [6, 6.07) is 11.0. The molecule has 0 radical (unpaired) electrons. The van der Waals surface area contributed by atoms with Crippen LogP contribution in [-0.2, 0) is 5.41 Å². The number of nitrogens with one attached hydrogen (secondary N) is 2. The Morgan fingerprint density at radius 3 is 2.40 bits per heavy atom. The third kappa shape index (κ3) is 5.58. The van der Waals surface area contributed by atoms with E-state index in [1.165, 1.54) is 63.7 Å². The van der Waals surface area contributed by atoms with Gasteiger partial charge in [0.1, 0.15) is 0 Å². The van der Waals surface area contributed by atoms with E-state index >= 15 is 0 Å². The van der Waals surface area contributed by atoms with E-state index in [1.807, 2.05) is 7.05 Å². The van der Waals surface area contributed by atoms with Crippen molar-refractivity contribution in [3.05, 3.63) is 35.9 Å². The quantitative estimate of drug-likeness (QED) is 0.286. The summed E-state index contributed by atoms with van der Waals surface area (Å²) < 4.78 is 0. The van der Waals surface area contributed by atoms with Crippen LogP contribution in [0.15, 0.2) is 35.3 Å². The van der Waals surface area contributed by atoms with Crippen molar-refractivity contribution in [3.8, 4) is 0 Å². The fourth-order valence-corrected chi connectivity index (χ4v) is 3.95. The number of hydrogen-bond donors (Lipinski definition) is 2. The lowest BCUT2D eigenvalue weighted by atomic mass is 9.64. The zero-order valence-corrected chi connectivity index (χ0v) is 17.8. The summed E-state index contributed by atoms with van der Waals surface area (Å²) in [7, 11) is 1.87. The molecule has 0 amide bonds. The Morgan fingerprint density at radius 2 is 1.80 bits per heavy atom. The van der Waals surface area contributed by atoms with Crippen LogP contribution >= 0.6 is 24.0 Å². The van der Waals surface area contributed by atoms with Crippen molar-refractivity contribution >= 4 is 29.9 Å². The van der Waals surface area contributed by atoms with E-state index in [0.717, 1.165) is 19.0 Å². The number of nitrogens with zero attached hydrogens (tertiary/aromatic N) is 2. The fourth-order valence-electron chi connectivity index (χ4n) is 3.95. The molecule has 1 saturated carbocycles. The van der Waals surface area contributed by atoms with Gasteiger partial charge in [0.05, 0.1) is 0 Å². The number of hydrogen-bond acceptors (Lipinski definition) is 2. The van der Waals surface area contributed by atoms with Gasteiger partial charge in [-0.1, -0.05) is 36.8 Å².